The summed E-state index contributed by atoms with van der Waals surface area (Å²) in [6.07, 6.45) is -2.99. The van der Waals surface area contributed by atoms with Crippen LogP contribution in [0.2, 0.25) is 0 Å². The fourth-order valence-corrected chi connectivity index (χ4v) is 2.88. The summed E-state index contributed by atoms with van der Waals surface area (Å²) in [4.78, 5) is 12.4. The topological polar surface area (TPSA) is 60.1 Å². The SMILES string of the molecule is Cc1cc(C)n(C(CNC(=O)c2cccc(C(F)(F)F)c2)c2ccco2)n1. The molecule has 2 heterocycles. The summed E-state index contributed by atoms with van der Waals surface area (Å²) in [5.41, 5.74) is 0.767. The van der Waals surface area contributed by atoms with Gasteiger partial charge in [-0.25, -0.2) is 0 Å². The number of hydrogen-bond donors (Lipinski definition) is 1. The van der Waals surface area contributed by atoms with Crippen LogP contribution in [0.5, 0.6) is 0 Å². The molecule has 0 saturated carbocycles. The number of rotatable bonds is 5. The summed E-state index contributed by atoms with van der Waals surface area (Å²) in [6.45, 7) is 3.85. The zero-order chi connectivity index (χ0) is 19.6. The summed E-state index contributed by atoms with van der Waals surface area (Å²) in [5, 5.41) is 7.09. The number of halogens is 3. The van der Waals surface area contributed by atoms with Gasteiger partial charge in [0.15, 0.2) is 0 Å². The molecule has 3 aromatic rings. The molecular weight excluding hydrogens is 359 g/mol. The summed E-state index contributed by atoms with van der Waals surface area (Å²) in [6, 6.07) is 9.28. The van der Waals surface area contributed by atoms with Gasteiger partial charge >= 0.3 is 6.18 Å². The average molecular weight is 377 g/mol. The van der Waals surface area contributed by atoms with E-state index in [1.54, 1.807) is 16.8 Å². The number of aryl methyl sites for hydroxylation is 2. The van der Waals surface area contributed by atoms with E-state index in [0.29, 0.717) is 5.76 Å². The van der Waals surface area contributed by atoms with Crippen molar-refractivity contribution in [1.82, 2.24) is 15.1 Å². The standard InChI is InChI=1S/C19H18F3N3O2/c1-12-9-13(2)25(24-12)16(17-7-4-8-27-17)11-23-18(26)14-5-3-6-15(10-14)19(20,21)22/h3-10,16H,11H2,1-2H3,(H,23,26). The van der Waals surface area contributed by atoms with Crippen molar-refractivity contribution >= 4 is 5.91 Å². The predicted molar refractivity (Wildman–Crippen MR) is 92.3 cm³/mol. The minimum absolute atomic E-state index is 0.0589. The summed E-state index contributed by atoms with van der Waals surface area (Å²) in [7, 11) is 0. The van der Waals surface area contributed by atoms with Crippen molar-refractivity contribution in [3.63, 3.8) is 0 Å². The monoisotopic (exact) mass is 377 g/mol. The highest BCUT2D eigenvalue weighted by molar-refractivity contribution is 5.94. The summed E-state index contributed by atoms with van der Waals surface area (Å²) < 4.78 is 45.7. The van der Waals surface area contributed by atoms with E-state index in [4.69, 9.17) is 4.42 Å². The molecule has 0 aliphatic rings. The van der Waals surface area contributed by atoms with Gasteiger partial charge in [0.2, 0.25) is 0 Å². The third-order valence-electron chi connectivity index (χ3n) is 4.12. The Kier molecular flexibility index (Phi) is 5.07. The molecule has 0 fully saturated rings. The Bertz CT molecular complexity index is 930. The van der Waals surface area contributed by atoms with Crippen LogP contribution in [0.25, 0.3) is 0 Å². The quantitative estimate of drug-likeness (QED) is 0.727. The molecule has 5 nitrogen and oxygen atoms in total. The molecule has 0 radical (unpaired) electrons. The van der Waals surface area contributed by atoms with Gasteiger partial charge in [-0.05, 0) is 50.2 Å². The van der Waals surface area contributed by atoms with Gasteiger partial charge < -0.3 is 9.73 Å². The lowest BCUT2D eigenvalue weighted by Crippen LogP contribution is -2.32. The number of aromatic nitrogens is 2. The van der Waals surface area contributed by atoms with Crippen molar-refractivity contribution in [2.24, 2.45) is 0 Å². The van der Waals surface area contributed by atoms with Gasteiger partial charge in [-0.2, -0.15) is 18.3 Å². The highest BCUT2D eigenvalue weighted by atomic mass is 19.4. The molecule has 0 spiro atoms. The first kappa shape index (κ1) is 18.8. The number of nitrogens with one attached hydrogen (secondary N) is 1. The zero-order valence-corrected chi connectivity index (χ0v) is 14.7. The lowest BCUT2D eigenvalue weighted by atomic mass is 10.1. The van der Waals surface area contributed by atoms with Gasteiger partial charge in [0, 0.05) is 17.8 Å². The van der Waals surface area contributed by atoms with Gasteiger partial charge in [-0.1, -0.05) is 6.07 Å². The van der Waals surface area contributed by atoms with Crippen LogP contribution < -0.4 is 5.32 Å². The average Bonchev–Trinajstić information content (AvgIpc) is 3.25. The maximum absolute atomic E-state index is 12.8. The number of amides is 1. The number of carbonyl (C=O) groups excluding carboxylic acids is 1. The molecule has 1 atom stereocenters. The Hall–Kier alpha value is -3.03. The van der Waals surface area contributed by atoms with Crippen molar-refractivity contribution < 1.29 is 22.4 Å². The normalized spacial score (nSPS) is 12.8. The molecule has 1 N–H and O–H groups in total. The maximum atomic E-state index is 12.8. The minimum Gasteiger partial charge on any atom is -0.467 e. The highest BCUT2D eigenvalue weighted by Crippen LogP contribution is 2.29. The number of hydrogen-bond acceptors (Lipinski definition) is 3. The highest BCUT2D eigenvalue weighted by Gasteiger charge is 2.31. The van der Waals surface area contributed by atoms with Crippen molar-refractivity contribution in [2.75, 3.05) is 6.54 Å². The molecule has 0 aliphatic carbocycles. The molecule has 142 valence electrons. The lowest BCUT2D eigenvalue weighted by molar-refractivity contribution is -0.137. The second kappa shape index (κ2) is 7.30. The first-order valence-electron chi connectivity index (χ1n) is 8.27. The number of alkyl halides is 3. The van der Waals surface area contributed by atoms with Crippen molar-refractivity contribution in [3.05, 3.63) is 77.0 Å². The Morgan fingerprint density at radius 2 is 2.00 bits per heavy atom. The number of furan rings is 1. The second-order valence-electron chi connectivity index (χ2n) is 6.19. The van der Waals surface area contributed by atoms with Crippen LogP contribution in [0.1, 0.15) is 39.1 Å². The molecule has 0 aliphatic heterocycles. The maximum Gasteiger partial charge on any atom is 0.416 e. The molecule has 8 heteroatoms. The Balaban J connectivity index is 1.80. The number of nitrogens with zero attached hydrogens (tertiary/aromatic N) is 2. The van der Waals surface area contributed by atoms with Crippen LogP contribution in [0.3, 0.4) is 0 Å². The third kappa shape index (κ3) is 4.21. The van der Waals surface area contributed by atoms with E-state index in [0.717, 1.165) is 23.5 Å². The van der Waals surface area contributed by atoms with Gasteiger partial charge in [0.1, 0.15) is 11.8 Å². The Morgan fingerprint density at radius 1 is 1.22 bits per heavy atom. The third-order valence-corrected chi connectivity index (χ3v) is 4.12. The summed E-state index contributed by atoms with van der Waals surface area (Å²) in [5.74, 6) is -0.00951. The number of carbonyl (C=O) groups is 1. The molecule has 27 heavy (non-hydrogen) atoms. The first-order valence-corrected chi connectivity index (χ1v) is 8.27. The molecule has 1 aromatic carbocycles. The molecule has 1 unspecified atom stereocenters. The molecule has 3 rings (SSSR count). The van der Waals surface area contributed by atoms with E-state index in [9.17, 15) is 18.0 Å². The molecule has 0 bridgehead atoms. The fraction of sp³-hybridized carbons (Fsp3) is 0.263. The molecule has 2 aromatic heterocycles. The van der Waals surface area contributed by atoms with E-state index in [1.807, 2.05) is 19.9 Å². The summed E-state index contributed by atoms with van der Waals surface area (Å²) >= 11 is 0. The van der Waals surface area contributed by atoms with Crippen molar-refractivity contribution in [3.8, 4) is 0 Å². The largest absolute Gasteiger partial charge is 0.467 e. The van der Waals surface area contributed by atoms with E-state index in [1.165, 1.54) is 18.4 Å². The van der Waals surface area contributed by atoms with Crippen LogP contribution in [0.4, 0.5) is 13.2 Å². The molecule has 0 saturated heterocycles. The number of benzene rings is 1. The molecular formula is C19H18F3N3O2. The van der Waals surface area contributed by atoms with Gasteiger partial charge in [-0.15, -0.1) is 0 Å². The van der Waals surface area contributed by atoms with Gasteiger partial charge in [0.05, 0.1) is 17.5 Å². The van der Waals surface area contributed by atoms with Crippen molar-refractivity contribution in [2.45, 2.75) is 26.1 Å². The van der Waals surface area contributed by atoms with E-state index >= 15 is 0 Å². The Labute approximate surface area is 153 Å². The van der Waals surface area contributed by atoms with E-state index in [-0.39, 0.29) is 12.1 Å². The zero-order valence-electron chi connectivity index (χ0n) is 14.7. The predicted octanol–water partition coefficient (Wildman–Crippen LogP) is 4.13. The molecule has 1 amide bonds. The fourth-order valence-electron chi connectivity index (χ4n) is 2.88. The van der Waals surface area contributed by atoms with Gasteiger partial charge in [-0.3, -0.25) is 9.48 Å². The minimum atomic E-state index is -4.50. The smallest absolute Gasteiger partial charge is 0.416 e. The van der Waals surface area contributed by atoms with Crippen molar-refractivity contribution in [1.29, 1.82) is 0 Å². The van der Waals surface area contributed by atoms with Crippen LogP contribution in [0, 0.1) is 13.8 Å². The van der Waals surface area contributed by atoms with Gasteiger partial charge in [0.25, 0.3) is 5.91 Å². The van der Waals surface area contributed by atoms with E-state index < -0.39 is 23.7 Å². The first-order chi connectivity index (χ1) is 12.8. The lowest BCUT2D eigenvalue weighted by Gasteiger charge is -2.18. The van der Waals surface area contributed by atoms with E-state index in [2.05, 4.69) is 10.4 Å². The second-order valence-corrected chi connectivity index (χ2v) is 6.19. The van der Waals surface area contributed by atoms with Crippen LogP contribution in [0.15, 0.2) is 53.1 Å². The van der Waals surface area contributed by atoms with Crippen LogP contribution >= 0.6 is 0 Å². The Morgan fingerprint density at radius 3 is 2.59 bits per heavy atom. The van der Waals surface area contributed by atoms with Crippen LogP contribution in [-0.4, -0.2) is 22.2 Å². The van der Waals surface area contributed by atoms with Crippen LogP contribution in [-0.2, 0) is 6.18 Å².